The van der Waals surface area contributed by atoms with Crippen LogP contribution in [0.3, 0.4) is 0 Å². The third-order valence-corrected chi connectivity index (χ3v) is 3.17. The van der Waals surface area contributed by atoms with Gasteiger partial charge >= 0.3 is 5.97 Å². The fraction of sp³-hybridized carbons (Fsp3) is 0.875. The number of hydrogen-bond donors (Lipinski definition) is 2. The van der Waals surface area contributed by atoms with Gasteiger partial charge in [0.2, 0.25) is 0 Å². The number of carboxylic acid groups (broad SMARTS) is 1. The van der Waals surface area contributed by atoms with Crippen LogP contribution in [0.2, 0.25) is 0 Å². The molecule has 1 atom stereocenters. The SMILES string of the molecule is CCCC(C)(SCCN)C(=O)O. The molecule has 3 nitrogen and oxygen atoms in total. The highest BCUT2D eigenvalue weighted by Crippen LogP contribution is 2.29. The zero-order valence-electron chi connectivity index (χ0n) is 7.67. The van der Waals surface area contributed by atoms with Crippen molar-refractivity contribution in [3.05, 3.63) is 0 Å². The molecule has 0 heterocycles. The Morgan fingerprint density at radius 3 is 2.58 bits per heavy atom. The van der Waals surface area contributed by atoms with Gasteiger partial charge in [-0.05, 0) is 13.3 Å². The van der Waals surface area contributed by atoms with Crippen molar-refractivity contribution in [3.63, 3.8) is 0 Å². The molecular weight excluding hydrogens is 174 g/mol. The first-order valence-corrected chi connectivity index (χ1v) is 5.13. The van der Waals surface area contributed by atoms with E-state index in [1.165, 1.54) is 11.8 Å². The second-order valence-electron chi connectivity index (χ2n) is 2.92. The summed E-state index contributed by atoms with van der Waals surface area (Å²) in [6.07, 6.45) is 1.59. The van der Waals surface area contributed by atoms with Crippen LogP contribution in [0.5, 0.6) is 0 Å². The van der Waals surface area contributed by atoms with E-state index in [9.17, 15) is 4.79 Å². The standard InChI is InChI=1S/C8H17NO2S/c1-3-4-8(2,7(10)11)12-6-5-9/h3-6,9H2,1-2H3,(H,10,11). The second-order valence-corrected chi connectivity index (χ2v) is 4.52. The van der Waals surface area contributed by atoms with Gasteiger partial charge in [0.15, 0.2) is 0 Å². The predicted octanol–water partition coefficient (Wildman–Crippen LogP) is 1.32. The maximum atomic E-state index is 10.9. The number of carbonyl (C=O) groups is 1. The Morgan fingerprint density at radius 1 is 1.67 bits per heavy atom. The minimum atomic E-state index is -0.734. The topological polar surface area (TPSA) is 63.3 Å². The molecule has 0 saturated carbocycles. The van der Waals surface area contributed by atoms with Gasteiger partial charge in [0, 0.05) is 12.3 Å². The molecule has 0 amide bonds. The third kappa shape index (κ3) is 3.45. The van der Waals surface area contributed by atoms with E-state index in [1.807, 2.05) is 6.92 Å². The molecule has 0 saturated heterocycles. The molecule has 0 aromatic rings. The molecule has 0 rings (SSSR count). The van der Waals surface area contributed by atoms with Crippen LogP contribution in [0.25, 0.3) is 0 Å². The molecule has 0 spiro atoms. The summed E-state index contributed by atoms with van der Waals surface area (Å²) >= 11 is 1.43. The quantitative estimate of drug-likeness (QED) is 0.664. The van der Waals surface area contributed by atoms with Crippen molar-refractivity contribution < 1.29 is 9.90 Å². The highest BCUT2D eigenvalue weighted by Gasteiger charge is 2.31. The number of carboxylic acids is 1. The van der Waals surface area contributed by atoms with Gasteiger partial charge in [-0.25, -0.2) is 0 Å². The van der Waals surface area contributed by atoms with Gasteiger partial charge in [0.1, 0.15) is 4.75 Å². The Labute approximate surface area is 77.7 Å². The third-order valence-electron chi connectivity index (χ3n) is 1.72. The summed E-state index contributed by atoms with van der Waals surface area (Å²) in [5.74, 6) is -0.0224. The van der Waals surface area contributed by atoms with Crippen LogP contribution in [0.1, 0.15) is 26.7 Å². The van der Waals surface area contributed by atoms with Crippen LogP contribution in [0.4, 0.5) is 0 Å². The Kier molecular flexibility index (Phi) is 5.33. The molecule has 0 fully saturated rings. The van der Waals surface area contributed by atoms with Crippen LogP contribution in [-0.2, 0) is 4.79 Å². The molecule has 12 heavy (non-hydrogen) atoms. The molecule has 4 heteroatoms. The van der Waals surface area contributed by atoms with Gasteiger partial charge in [-0.3, -0.25) is 4.79 Å². The molecule has 1 unspecified atom stereocenters. The highest BCUT2D eigenvalue weighted by molar-refractivity contribution is 8.01. The van der Waals surface area contributed by atoms with E-state index in [-0.39, 0.29) is 0 Å². The summed E-state index contributed by atoms with van der Waals surface area (Å²) in [5, 5.41) is 8.93. The lowest BCUT2D eigenvalue weighted by molar-refractivity contribution is -0.139. The maximum absolute atomic E-state index is 10.9. The van der Waals surface area contributed by atoms with Crippen molar-refractivity contribution in [2.45, 2.75) is 31.4 Å². The number of rotatable bonds is 6. The maximum Gasteiger partial charge on any atom is 0.319 e. The minimum absolute atomic E-state index is 0.539. The summed E-state index contributed by atoms with van der Waals surface area (Å²) < 4.78 is -0.645. The first kappa shape index (κ1) is 11.8. The lowest BCUT2D eigenvalue weighted by Gasteiger charge is -2.22. The molecule has 0 bridgehead atoms. The fourth-order valence-corrected chi connectivity index (χ4v) is 2.04. The van der Waals surface area contributed by atoms with Gasteiger partial charge in [-0.1, -0.05) is 13.3 Å². The second kappa shape index (κ2) is 5.43. The molecule has 72 valence electrons. The summed E-state index contributed by atoms with van der Waals surface area (Å²) in [4.78, 5) is 10.9. The monoisotopic (exact) mass is 191 g/mol. The van der Waals surface area contributed by atoms with Crippen LogP contribution >= 0.6 is 11.8 Å². The fourth-order valence-electron chi connectivity index (χ4n) is 1.00. The highest BCUT2D eigenvalue weighted by atomic mass is 32.2. The van der Waals surface area contributed by atoms with E-state index in [1.54, 1.807) is 6.92 Å². The minimum Gasteiger partial charge on any atom is -0.480 e. The Hall–Kier alpha value is -0.220. The van der Waals surface area contributed by atoms with Gasteiger partial charge in [0.25, 0.3) is 0 Å². The van der Waals surface area contributed by atoms with Gasteiger partial charge in [0.05, 0.1) is 0 Å². The average Bonchev–Trinajstić information content (AvgIpc) is 2.01. The number of aliphatic carboxylic acids is 1. The number of nitrogens with two attached hydrogens (primary N) is 1. The molecule has 0 aromatic heterocycles. The Bertz CT molecular complexity index is 152. The van der Waals surface area contributed by atoms with E-state index >= 15 is 0 Å². The van der Waals surface area contributed by atoms with E-state index in [4.69, 9.17) is 10.8 Å². The first-order chi connectivity index (χ1) is 5.56. The van der Waals surface area contributed by atoms with Crippen LogP contribution in [0.15, 0.2) is 0 Å². The molecule has 0 aliphatic heterocycles. The van der Waals surface area contributed by atoms with Crippen molar-refractivity contribution in [2.75, 3.05) is 12.3 Å². The molecule has 3 N–H and O–H groups in total. The number of hydrogen-bond acceptors (Lipinski definition) is 3. The van der Waals surface area contributed by atoms with E-state index < -0.39 is 10.7 Å². The summed E-state index contributed by atoms with van der Waals surface area (Å²) in [7, 11) is 0. The molecular formula is C8H17NO2S. The van der Waals surface area contributed by atoms with Crippen LogP contribution in [-0.4, -0.2) is 28.1 Å². The van der Waals surface area contributed by atoms with Gasteiger partial charge < -0.3 is 10.8 Å². The van der Waals surface area contributed by atoms with E-state index in [2.05, 4.69) is 0 Å². The number of thioether (sulfide) groups is 1. The van der Waals surface area contributed by atoms with Crippen molar-refractivity contribution in [2.24, 2.45) is 5.73 Å². The predicted molar refractivity (Wildman–Crippen MR) is 52.5 cm³/mol. The van der Waals surface area contributed by atoms with E-state index in [0.717, 1.165) is 6.42 Å². The van der Waals surface area contributed by atoms with Gasteiger partial charge in [-0.15, -0.1) is 11.8 Å². The molecule has 0 aromatic carbocycles. The smallest absolute Gasteiger partial charge is 0.319 e. The lowest BCUT2D eigenvalue weighted by atomic mass is 10.1. The van der Waals surface area contributed by atoms with Crippen molar-refractivity contribution in [1.82, 2.24) is 0 Å². The van der Waals surface area contributed by atoms with Crippen molar-refractivity contribution >= 4 is 17.7 Å². The van der Waals surface area contributed by atoms with Crippen molar-refractivity contribution in [1.29, 1.82) is 0 Å². The van der Waals surface area contributed by atoms with Crippen LogP contribution in [0, 0.1) is 0 Å². The first-order valence-electron chi connectivity index (χ1n) is 4.14. The van der Waals surface area contributed by atoms with Crippen molar-refractivity contribution in [3.8, 4) is 0 Å². The lowest BCUT2D eigenvalue weighted by Crippen LogP contribution is -2.32. The van der Waals surface area contributed by atoms with Crippen LogP contribution < -0.4 is 5.73 Å². The van der Waals surface area contributed by atoms with Gasteiger partial charge in [-0.2, -0.15) is 0 Å². The zero-order valence-corrected chi connectivity index (χ0v) is 8.49. The summed E-state index contributed by atoms with van der Waals surface area (Å²) in [6, 6.07) is 0. The zero-order chi connectivity index (χ0) is 9.61. The summed E-state index contributed by atoms with van der Waals surface area (Å²) in [5.41, 5.74) is 5.32. The Balaban J connectivity index is 4.08. The Morgan fingerprint density at radius 2 is 2.25 bits per heavy atom. The molecule has 0 aliphatic rings. The van der Waals surface area contributed by atoms with E-state index in [0.29, 0.717) is 18.7 Å². The normalized spacial score (nSPS) is 15.6. The molecule has 0 radical (unpaired) electrons. The summed E-state index contributed by atoms with van der Waals surface area (Å²) in [6.45, 7) is 4.29. The molecule has 0 aliphatic carbocycles. The average molecular weight is 191 g/mol. The largest absolute Gasteiger partial charge is 0.480 e.